The maximum Gasteiger partial charge on any atom is 0.175 e. The van der Waals surface area contributed by atoms with E-state index in [1.165, 1.54) is 6.42 Å². The second-order valence-electron chi connectivity index (χ2n) is 4.64. The molecular formula is C15H19NO. The van der Waals surface area contributed by atoms with Gasteiger partial charge in [-0.3, -0.25) is 4.79 Å². The van der Waals surface area contributed by atoms with Crippen LogP contribution in [0.25, 0.3) is 0 Å². The lowest BCUT2D eigenvalue weighted by atomic mass is 9.91. The van der Waals surface area contributed by atoms with Crippen LogP contribution in [-0.2, 0) is 11.2 Å². The van der Waals surface area contributed by atoms with Crippen molar-refractivity contribution in [1.82, 2.24) is 0 Å². The largest absolute Gasteiger partial charge is 0.321 e. The highest BCUT2D eigenvalue weighted by Gasteiger charge is 2.19. The molecule has 1 unspecified atom stereocenters. The number of allylic oxidation sites excluding steroid dienone is 1. The van der Waals surface area contributed by atoms with Gasteiger partial charge in [0.25, 0.3) is 0 Å². The summed E-state index contributed by atoms with van der Waals surface area (Å²) < 4.78 is 0. The zero-order valence-corrected chi connectivity index (χ0v) is 10.1. The Morgan fingerprint density at radius 3 is 2.65 bits per heavy atom. The molecule has 1 atom stereocenters. The Morgan fingerprint density at radius 1 is 1.24 bits per heavy atom. The number of hydrogen-bond donors (Lipinski definition) is 1. The summed E-state index contributed by atoms with van der Waals surface area (Å²) >= 11 is 0. The Bertz CT molecular complexity index is 408. The molecule has 0 saturated heterocycles. The van der Waals surface area contributed by atoms with Gasteiger partial charge in [-0.1, -0.05) is 36.4 Å². The molecule has 1 aromatic carbocycles. The highest BCUT2D eigenvalue weighted by molar-refractivity contribution is 5.99. The minimum absolute atomic E-state index is 0.133. The maximum absolute atomic E-state index is 12.1. The monoisotopic (exact) mass is 229 g/mol. The molecule has 2 rings (SSSR count). The number of benzene rings is 1. The predicted octanol–water partition coefficient (Wildman–Crippen LogP) is 2.63. The van der Waals surface area contributed by atoms with Crippen LogP contribution in [0.5, 0.6) is 0 Å². The van der Waals surface area contributed by atoms with Gasteiger partial charge in [0.05, 0.1) is 6.04 Å². The molecule has 2 N–H and O–H groups in total. The van der Waals surface area contributed by atoms with Gasteiger partial charge in [-0.15, -0.1) is 0 Å². The second-order valence-corrected chi connectivity index (χ2v) is 4.64. The fourth-order valence-corrected chi connectivity index (χ4v) is 2.26. The Morgan fingerprint density at radius 2 is 2.00 bits per heavy atom. The van der Waals surface area contributed by atoms with Crippen molar-refractivity contribution < 1.29 is 4.79 Å². The lowest BCUT2D eigenvalue weighted by molar-refractivity contribution is -0.117. The van der Waals surface area contributed by atoms with E-state index in [4.69, 9.17) is 5.73 Å². The van der Waals surface area contributed by atoms with Crippen molar-refractivity contribution in [3.63, 3.8) is 0 Å². The van der Waals surface area contributed by atoms with Crippen molar-refractivity contribution in [3.05, 3.63) is 47.5 Å². The summed E-state index contributed by atoms with van der Waals surface area (Å²) in [6.07, 6.45) is 6.95. The molecule has 2 nitrogen and oxygen atoms in total. The van der Waals surface area contributed by atoms with Gasteiger partial charge in [0.1, 0.15) is 0 Å². The molecule has 90 valence electrons. The summed E-state index contributed by atoms with van der Waals surface area (Å²) in [6, 6.07) is 9.58. The number of carbonyl (C=O) groups is 1. The molecular weight excluding hydrogens is 210 g/mol. The summed E-state index contributed by atoms with van der Waals surface area (Å²) in [7, 11) is 0. The van der Waals surface area contributed by atoms with E-state index < -0.39 is 0 Å². The average molecular weight is 229 g/mol. The van der Waals surface area contributed by atoms with E-state index in [-0.39, 0.29) is 11.8 Å². The van der Waals surface area contributed by atoms with Gasteiger partial charge in [0.2, 0.25) is 0 Å². The number of hydrogen-bond acceptors (Lipinski definition) is 2. The molecule has 0 spiro atoms. The smallest absolute Gasteiger partial charge is 0.175 e. The van der Waals surface area contributed by atoms with Crippen LogP contribution in [0.2, 0.25) is 0 Å². The van der Waals surface area contributed by atoms with Gasteiger partial charge in [0, 0.05) is 0 Å². The Labute approximate surface area is 103 Å². The van der Waals surface area contributed by atoms with E-state index in [2.05, 4.69) is 6.08 Å². The SMILES string of the molecule is NC(Cc1ccccc1)C(=O)C1=CCCCC1. The second kappa shape index (κ2) is 5.78. The molecule has 0 aliphatic heterocycles. The lowest BCUT2D eigenvalue weighted by Gasteiger charge is -2.16. The van der Waals surface area contributed by atoms with Gasteiger partial charge in [-0.05, 0) is 43.2 Å². The van der Waals surface area contributed by atoms with Gasteiger partial charge >= 0.3 is 0 Å². The maximum atomic E-state index is 12.1. The Kier molecular flexibility index (Phi) is 4.10. The fourth-order valence-electron chi connectivity index (χ4n) is 2.26. The van der Waals surface area contributed by atoms with Crippen LogP contribution in [0, 0.1) is 0 Å². The van der Waals surface area contributed by atoms with E-state index in [0.29, 0.717) is 6.42 Å². The van der Waals surface area contributed by atoms with Gasteiger partial charge in [0.15, 0.2) is 5.78 Å². The number of nitrogens with two attached hydrogens (primary N) is 1. The van der Waals surface area contributed by atoms with E-state index in [1.807, 2.05) is 30.3 Å². The molecule has 1 aliphatic carbocycles. The lowest BCUT2D eigenvalue weighted by Crippen LogP contribution is -2.34. The Balaban J connectivity index is 1.98. The van der Waals surface area contributed by atoms with Crippen molar-refractivity contribution in [2.24, 2.45) is 5.73 Å². The number of ketones is 1. The number of rotatable bonds is 4. The molecule has 0 amide bonds. The van der Waals surface area contributed by atoms with E-state index in [9.17, 15) is 4.79 Å². The summed E-state index contributed by atoms with van der Waals surface area (Å²) in [5, 5.41) is 0. The molecule has 17 heavy (non-hydrogen) atoms. The molecule has 1 aliphatic rings. The van der Waals surface area contributed by atoms with Crippen LogP contribution < -0.4 is 5.73 Å². The van der Waals surface area contributed by atoms with Crippen LogP contribution in [0.4, 0.5) is 0 Å². The summed E-state index contributed by atoms with van der Waals surface area (Å²) in [5.74, 6) is 0.133. The van der Waals surface area contributed by atoms with Crippen LogP contribution in [-0.4, -0.2) is 11.8 Å². The zero-order valence-electron chi connectivity index (χ0n) is 10.1. The van der Waals surface area contributed by atoms with E-state index >= 15 is 0 Å². The quantitative estimate of drug-likeness (QED) is 0.862. The third-order valence-electron chi connectivity index (χ3n) is 3.24. The first-order chi connectivity index (χ1) is 8.27. The molecule has 0 heterocycles. The standard InChI is InChI=1S/C15H19NO/c16-14(11-12-7-3-1-4-8-12)15(17)13-9-5-2-6-10-13/h1,3-4,7-9,14H,2,5-6,10-11,16H2. The molecule has 0 fully saturated rings. The van der Waals surface area contributed by atoms with Gasteiger partial charge in [-0.25, -0.2) is 0 Å². The van der Waals surface area contributed by atoms with Crippen LogP contribution in [0.3, 0.4) is 0 Å². The minimum Gasteiger partial charge on any atom is -0.321 e. The molecule has 1 aromatic rings. The normalized spacial score (nSPS) is 17.4. The minimum atomic E-state index is -0.387. The highest BCUT2D eigenvalue weighted by atomic mass is 16.1. The zero-order chi connectivity index (χ0) is 12.1. The number of carbonyl (C=O) groups excluding carboxylic acids is 1. The van der Waals surface area contributed by atoms with Crippen molar-refractivity contribution in [3.8, 4) is 0 Å². The first kappa shape index (κ1) is 12.1. The van der Waals surface area contributed by atoms with Gasteiger partial charge in [-0.2, -0.15) is 0 Å². The molecule has 2 heteroatoms. The van der Waals surface area contributed by atoms with Crippen LogP contribution >= 0.6 is 0 Å². The fraction of sp³-hybridized carbons (Fsp3) is 0.400. The topological polar surface area (TPSA) is 43.1 Å². The van der Waals surface area contributed by atoms with Crippen molar-refractivity contribution in [1.29, 1.82) is 0 Å². The molecule has 0 aromatic heterocycles. The summed E-state index contributed by atoms with van der Waals surface area (Å²) in [5.41, 5.74) is 8.06. The predicted molar refractivity (Wildman–Crippen MR) is 69.7 cm³/mol. The molecule has 0 saturated carbocycles. The Hall–Kier alpha value is -1.41. The van der Waals surface area contributed by atoms with Gasteiger partial charge < -0.3 is 5.73 Å². The highest BCUT2D eigenvalue weighted by Crippen LogP contribution is 2.19. The van der Waals surface area contributed by atoms with E-state index in [1.54, 1.807) is 0 Å². The van der Waals surface area contributed by atoms with Crippen LogP contribution in [0.15, 0.2) is 42.0 Å². The molecule has 0 bridgehead atoms. The van der Waals surface area contributed by atoms with E-state index in [0.717, 1.165) is 30.4 Å². The third-order valence-corrected chi connectivity index (χ3v) is 3.24. The van der Waals surface area contributed by atoms with Crippen molar-refractivity contribution in [2.75, 3.05) is 0 Å². The van der Waals surface area contributed by atoms with Crippen LogP contribution in [0.1, 0.15) is 31.2 Å². The summed E-state index contributed by atoms with van der Waals surface area (Å²) in [6.45, 7) is 0. The third kappa shape index (κ3) is 3.27. The van der Waals surface area contributed by atoms with Crippen molar-refractivity contribution >= 4 is 5.78 Å². The number of Topliss-reactive ketones (excluding diaryl/α,β-unsaturated/α-hetero) is 1. The first-order valence-corrected chi connectivity index (χ1v) is 6.30. The van der Waals surface area contributed by atoms with Crippen molar-refractivity contribution in [2.45, 2.75) is 38.1 Å². The first-order valence-electron chi connectivity index (χ1n) is 6.30. The summed E-state index contributed by atoms with van der Waals surface area (Å²) in [4.78, 5) is 12.1. The molecule has 0 radical (unpaired) electrons. The average Bonchev–Trinajstić information content (AvgIpc) is 2.40.